The van der Waals surface area contributed by atoms with Crippen LogP contribution in [0.15, 0.2) is 0 Å². The average molecular weight is 284 g/mol. The summed E-state index contributed by atoms with van der Waals surface area (Å²) in [6.07, 6.45) is 6.18. The lowest BCUT2D eigenvalue weighted by atomic mass is 10.0. The summed E-state index contributed by atoms with van der Waals surface area (Å²) in [7, 11) is 0. The number of rotatable bonds is 0. The number of ether oxygens (including phenoxy) is 1. The molecule has 0 radical (unpaired) electrons. The van der Waals surface area contributed by atoms with Gasteiger partial charge in [-0.15, -0.1) is 0 Å². The van der Waals surface area contributed by atoms with Gasteiger partial charge < -0.3 is 4.74 Å². The first-order valence-electron chi connectivity index (χ1n) is 4.21. The number of hydrogen-bond donors (Lipinski definition) is 0. The van der Waals surface area contributed by atoms with Gasteiger partial charge in [0.1, 0.15) is 0 Å². The number of fused-ring (bicyclic) bond motifs is 1. The third-order valence-electron chi connectivity index (χ3n) is 2.53. The molecule has 0 bridgehead atoms. The molecule has 0 aromatic heterocycles. The fourth-order valence-electron chi connectivity index (χ4n) is 1.70. The van der Waals surface area contributed by atoms with E-state index < -0.39 is 0 Å². The van der Waals surface area contributed by atoms with Crippen molar-refractivity contribution in [2.24, 2.45) is 0 Å². The minimum Gasteiger partial charge on any atom is -0.370 e. The molecule has 1 saturated carbocycles. The SMILES string of the molecule is Br[C@@H]1CC[C@@H]2O[C@@H]2CC[C@H]1Br. The van der Waals surface area contributed by atoms with E-state index in [9.17, 15) is 0 Å². The Kier molecular flexibility index (Phi) is 2.59. The van der Waals surface area contributed by atoms with Crippen molar-refractivity contribution in [1.29, 1.82) is 0 Å². The van der Waals surface area contributed by atoms with Crippen LogP contribution >= 0.6 is 31.9 Å². The fraction of sp³-hybridized carbons (Fsp3) is 1.00. The quantitative estimate of drug-likeness (QED) is 0.492. The first kappa shape index (κ1) is 8.52. The Hall–Kier alpha value is 0.920. The monoisotopic (exact) mass is 282 g/mol. The smallest absolute Gasteiger partial charge is 0.0842 e. The number of halogens is 2. The topological polar surface area (TPSA) is 12.5 Å². The van der Waals surface area contributed by atoms with E-state index >= 15 is 0 Å². The molecule has 1 aliphatic heterocycles. The van der Waals surface area contributed by atoms with Gasteiger partial charge in [0.2, 0.25) is 0 Å². The molecule has 0 spiro atoms. The van der Waals surface area contributed by atoms with Crippen LogP contribution in [0.1, 0.15) is 25.7 Å². The first-order chi connectivity index (χ1) is 5.27. The highest BCUT2D eigenvalue weighted by molar-refractivity contribution is 9.12. The molecule has 1 nitrogen and oxygen atoms in total. The minimum absolute atomic E-state index is 0.607. The second kappa shape index (κ2) is 3.35. The molecule has 3 heteroatoms. The summed E-state index contributed by atoms with van der Waals surface area (Å²) in [6, 6.07) is 0. The predicted octanol–water partition coefficient (Wildman–Crippen LogP) is 2.85. The van der Waals surface area contributed by atoms with Crippen LogP contribution < -0.4 is 0 Å². The van der Waals surface area contributed by atoms with E-state index in [0.29, 0.717) is 21.9 Å². The van der Waals surface area contributed by atoms with Gasteiger partial charge in [-0.05, 0) is 25.7 Å². The summed E-state index contributed by atoms with van der Waals surface area (Å²) < 4.78 is 5.49. The molecule has 1 heterocycles. The van der Waals surface area contributed by atoms with Crippen molar-refractivity contribution in [3.8, 4) is 0 Å². The van der Waals surface area contributed by atoms with Gasteiger partial charge in [0, 0.05) is 9.65 Å². The largest absolute Gasteiger partial charge is 0.370 e. The van der Waals surface area contributed by atoms with Gasteiger partial charge in [-0.1, -0.05) is 31.9 Å². The highest BCUT2D eigenvalue weighted by atomic mass is 79.9. The van der Waals surface area contributed by atoms with Crippen LogP contribution in [0.25, 0.3) is 0 Å². The Morgan fingerprint density at radius 2 is 1.27 bits per heavy atom. The highest BCUT2D eigenvalue weighted by Crippen LogP contribution is 2.37. The van der Waals surface area contributed by atoms with Gasteiger partial charge in [-0.2, -0.15) is 0 Å². The van der Waals surface area contributed by atoms with Crippen LogP contribution in [0.5, 0.6) is 0 Å². The molecule has 0 aromatic carbocycles. The molecule has 0 amide bonds. The minimum atomic E-state index is 0.607. The van der Waals surface area contributed by atoms with Crippen LogP contribution in [-0.4, -0.2) is 21.9 Å². The standard InChI is InChI=1S/C8H12Br2O/c9-5-1-3-7-8(11-7)4-2-6(5)10/h5-8H,1-4H2/t5-,6-,7-,8+/m1/s1. The Balaban J connectivity index is 1.89. The normalized spacial score (nSPS) is 50.7. The van der Waals surface area contributed by atoms with Gasteiger partial charge >= 0.3 is 0 Å². The summed E-state index contributed by atoms with van der Waals surface area (Å²) >= 11 is 7.36. The summed E-state index contributed by atoms with van der Waals surface area (Å²) in [5.74, 6) is 0. The molecule has 1 saturated heterocycles. The average Bonchev–Trinajstić information content (AvgIpc) is 2.72. The molecule has 64 valence electrons. The van der Waals surface area contributed by atoms with Crippen molar-refractivity contribution in [3.05, 3.63) is 0 Å². The Bertz CT molecular complexity index is 135. The van der Waals surface area contributed by atoms with Gasteiger partial charge in [0.05, 0.1) is 12.2 Å². The van der Waals surface area contributed by atoms with Crippen LogP contribution in [0.3, 0.4) is 0 Å². The van der Waals surface area contributed by atoms with Crippen LogP contribution in [0, 0.1) is 0 Å². The van der Waals surface area contributed by atoms with E-state index in [0.717, 1.165) is 0 Å². The maximum atomic E-state index is 5.49. The maximum Gasteiger partial charge on any atom is 0.0842 e. The van der Waals surface area contributed by atoms with E-state index in [2.05, 4.69) is 31.9 Å². The summed E-state index contributed by atoms with van der Waals surface area (Å²) in [4.78, 5) is 1.29. The van der Waals surface area contributed by atoms with E-state index in [4.69, 9.17) is 4.74 Å². The van der Waals surface area contributed by atoms with Crippen molar-refractivity contribution < 1.29 is 4.74 Å². The predicted molar refractivity (Wildman–Crippen MR) is 52.6 cm³/mol. The third kappa shape index (κ3) is 1.99. The number of alkyl halides is 2. The molecule has 2 fully saturated rings. The van der Waals surface area contributed by atoms with E-state index in [1.165, 1.54) is 25.7 Å². The molecule has 2 rings (SSSR count). The molecule has 0 N–H and O–H groups in total. The van der Waals surface area contributed by atoms with Crippen LogP contribution in [-0.2, 0) is 4.74 Å². The molecule has 4 atom stereocenters. The van der Waals surface area contributed by atoms with E-state index in [1.54, 1.807) is 0 Å². The summed E-state index contributed by atoms with van der Waals surface area (Å²) in [6.45, 7) is 0. The van der Waals surface area contributed by atoms with Crippen LogP contribution in [0.4, 0.5) is 0 Å². The van der Waals surface area contributed by atoms with Gasteiger partial charge in [-0.3, -0.25) is 0 Å². The fourth-order valence-corrected chi connectivity index (χ4v) is 2.75. The zero-order valence-corrected chi connectivity index (χ0v) is 9.47. The van der Waals surface area contributed by atoms with Gasteiger partial charge in [-0.25, -0.2) is 0 Å². The maximum absolute atomic E-state index is 5.49. The first-order valence-corrected chi connectivity index (χ1v) is 6.04. The Morgan fingerprint density at radius 1 is 0.818 bits per heavy atom. The van der Waals surface area contributed by atoms with Crippen molar-refractivity contribution in [2.45, 2.75) is 47.5 Å². The zero-order valence-electron chi connectivity index (χ0n) is 6.30. The van der Waals surface area contributed by atoms with Gasteiger partial charge in [0.15, 0.2) is 0 Å². The molecule has 11 heavy (non-hydrogen) atoms. The molecule has 2 aliphatic rings. The Labute approximate surface area is 84.1 Å². The van der Waals surface area contributed by atoms with Gasteiger partial charge in [0.25, 0.3) is 0 Å². The second-order valence-corrected chi connectivity index (χ2v) is 5.75. The van der Waals surface area contributed by atoms with Crippen LogP contribution in [0.2, 0.25) is 0 Å². The van der Waals surface area contributed by atoms with Crippen molar-refractivity contribution in [3.63, 3.8) is 0 Å². The highest BCUT2D eigenvalue weighted by Gasteiger charge is 2.40. The van der Waals surface area contributed by atoms with E-state index in [1.807, 2.05) is 0 Å². The molecule has 0 unspecified atom stereocenters. The lowest BCUT2D eigenvalue weighted by Gasteiger charge is -2.17. The molecule has 0 aromatic rings. The zero-order chi connectivity index (χ0) is 7.84. The molecule has 1 aliphatic carbocycles. The molecular weight excluding hydrogens is 272 g/mol. The number of hydrogen-bond acceptors (Lipinski definition) is 1. The third-order valence-corrected chi connectivity index (χ3v) is 5.44. The van der Waals surface area contributed by atoms with Crippen molar-refractivity contribution >= 4 is 31.9 Å². The van der Waals surface area contributed by atoms with Crippen molar-refractivity contribution in [1.82, 2.24) is 0 Å². The van der Waals surface area contributed by atoms with Crippen molar-refractivity contribution in [2.75, 3.05) is 0 Å². The Morgan fingerprint density at radius 3 is 1.73 bits per heavy atom. The lowest BCUT2D eigenvalue weighted by molar-refractivity contribution is 0.358. The molecular formula is C8H12Br2O. The summed E-state index contributed by atoms with van der Waals surface area (Å²) in [5.41, 5.74) is 0. The second-order valence-electron chi connectivity index (χ2n) is 3.40. The number of epoxide rings is 1. The van der Waals surface area contributed by atoms with E-state index in [-0.39, 0.29) is 0 Å². The summed E-state index contributed by atoms with van der Waals surface area (Å²) in [5, 5.41) is 0. The lowest BCUT2D eigenvalue weighted by Crippen LogP contribution is -2.18.